The van der Waals surface area contributed by atoms with Crippen molar-refractivity contribution in [3.05, 3.63) is 46.9 Å². The van der Waals surface area contributed by atoms with Gasteiger partial charge in [-0.05, 0) is 68.9 Å². The average Bonchev–Trinajstić information content (AvgIpc) is 2.82. The van der Waals surface area contributed by atoms with Gasteiger partial charge in [-0.25, -0.2) is 4.98 Å². The van der Waals surface area contributed by atoms with Crippen molar-refractivity contribution in [2.75, 3.05) is 6.61 Å². The molecule has 0 saturated heterocycles. The van der Waals surface area contributed by atoms with Gasteiger partial charge in [-0.2, -0.15) is 0 Å². The first-order valence-corrected chi connectivity index (χ1v) is 8.25. The summed E-state index contributed by atoms with van der Waals surface area (Å²) in [7, 11) is 0. The van der Waals surface area contributed by atoms with Gasteiger partial charge in [0, 0.05) is 17.1 Å². The Kier molecular flexibility index (Phi) is 5.60. The van der Waals surface area contributed by atoms with E-state index in [0.29, 0.717) is 6.42 Å². The minimum absolute atomic E-state index is 0.00555. The molecule has 2 atom stereocenters. The van der Waals surface area contributed by atoms with Crippen molar-refractivity contribution >= 4 is 0 Å². The van der Waals surface area contributed by atoms with Crippen LogP contribution in [0.4, 0.5) is 0 Å². The van der Waals surface area contributed by atoms with Gasteiger partial charge in [0.15, 0.2) is 0 Å². The standard InChI is InChI=1S/C19H28N2O2/c1-12(2)17(18(23)11-22)10-16-8-13(3)9-19(20-16)21-14(4)6-7-15(21)5/h6-9,12,17-18,22-23H,10-11H2,1-5H3. The van der Waals surface area contributed by atoms with Gasteiger partial charge < -0.3 is 14.8 Å². The molecule has 2 rings (SSSR count). The van der Waals surface area contributed by atoms with Crippen molar-refractivity contribution < 1.29 is 10.2 Å². The van der Waals surface area contributed by atoms with Crippen LogP contribution in [0.5, 0.6) is 0 Å². The number of pyridine rings is 1. The number of nitrogens with zero attached hydrogens (tertiary/aromatic N) is 2. The van der Waals surface area contributed by atoms with Crippen molar-refractivity contribution in [2.24, 2.45) is 11.8 Å². The van der Waals surface area contributed by atoms with Gasteiger partial charge in [0.2, 0.25) is 0 Å². The number of aliphatic hydroxyl groups is 2. The zero-order chi connectivity index (χ0) is 17.1. The van der Waals surface area contributed by atoms with Crippen LogP contribution in [0.15, 0.2) is 24.3 Å². The minimum Gasteiger partial charge on any atom is -0.394 e. The maximum absolute atomic E-state index is 10.1. The normalized spacial score (nSPS) is 14.3. The van der Waals surface area contributed by atoms with Crippen molar-refractivity contribution in [3.63, 3.8) is 0 Å². The molecule has 2 unspecified atom stereocenters. The van der Waals surface area contributed by atoms with Gasteiger partial charge in [-0.3, -0.25) is 0 Å². The first-order valence-electron chi connectivity index (χ1n) is 8.25. The number of hydrogen-bond acceptors (Lipinski definition) is 3. The van der Waals surface area contributed by atoms with Crippen LogP contribution in [0, 0.1) is 32.6 Å². The largest absolute Gasteiger partial charge is 0.394 e. The maximum atomic E-state index is 10.1. The summed E-state index contributed by atoms with van der Waals surface area (Å²) in [6.07, 6.45) is -0.0521. The molecule has 0 aromatic carbocycles. The molecule has 0 fully saturated rings. The lowest BCUT2D eigenvalue weighted by Gasteiger charge is -2.25. The van der Waals surface area contributed by atoms with Crippen LogP contribution in [0.2, 0.25) is 0 Å². The second kappa shape index (κ2) is 7.28. The molecule has 2 N–H and O–H groups in total. The number of aliphatic hydroxyl groups excluding tert-OH is 2. The van der Waals surface area contributed by atoms with Crippen LogP contribution in [-0.4, -0.2) is 32.5 Å². The summed E-state index contributed by atoms with van der Waals surface area (Å²) < 4.78 is 2.14. The van der Waals surface area contributed by atoms with Gasteiger partial charge in [0.05, 0.1) is 12.7 Å². The van der Waals surface area contributed by atoms with Gasteiger partial charge in [0.1, 0.15) is 5.82 Å². The lowest BCUT2D eigenvalue weighted by atomic mass is 9.86. The summed E-state index contributed by atoms with van der Waals surface area (Å²) in [5.74, 6) is 1.19. The van der Waals surface area contributed by atoms with E-state index in [2.05, 4.69) is 63.5 Å². The van der Waals surface area contributed by atoms with Crippen LogP contribution in [0.3, 0.4) is 0 Å². The molecule has 2 aromatic rings. The van der Waals surface area contributed by atoms with Crippen molar-refractivity contribution in [1.29, 1.82) is 0 Å². The second-order valence-electron chi connectivity index (χ2n) is 6.81. The zero-order valence-corrected chi connectivity index (χ0v) is 14.7. The number of aryl methyl sites for hydroxylation is 3. The second-order valence-corrected chi connectivity index (χ2v) is 6.81. The predicted molar refractivity (Wildman–Crippen MR) is 92.9 cm³/mol. The van der Waals surface area contributed by atoms with Gasteiger partial charge >= 0.3 is 0 Å². The molecule has 2 aromatic heterocycles. The van der Waals surface area contributed by atoms with Crippen LogP contribution < -0.4 is 0 Å². The first-order chi connectivity index (χ1) is 10.8. The van der Waals surface area contributed by atoms with Crippen molar-refractivity contribution in [2.45, 2.75) is 47.1 Å². The lowest BCUT2D eigenvalue weighted by Crippen LogP contribution is -2.30. The Balaban J connectivity index is 2.38. The lowest BCUT2D eigenvalue weighted by molar-refractivity contribution is 0.0288. The highest BCUT2D eigenvalue weighted by atomic mass is 16.3. The van der Waals surface area contributed by atoms with Crippen LogP contribution in [0.1, 0.15) is 36.5 Å². The Labute approximate surface area is 138 Å². The third kappa shape index (κ3) is 4.01. The number of hydrogen-bond donors (Lipinski definition) is 2. The fourth-order valence-electron chi connectivity index (χ4n) is 3.16. The first kappa shape index (κ1) is 17.7. The SMILES string of the molecule is Cc1cc(CC(C(C)C)C(O)CO)nc(-n2c(C)ccc2C)c1. The molecule has 0 spiro atoms. The summed E-state index contributed by atoms with van der Waals surface area (Å²) in [6, 6.07) is 8.32. The van der Waals surface area contributed by atoms with Crippen LogP contribution in [0.25, 0.3) is 5.82 Å². The molecule has 0 saturated carbocycles. The molecule has 0 bridgehead atoms. The van der Waals surface area contributed by atoms with Gasteiger partial charge in [0.25, 0.3) is 0 Å². The third-order valence-corrected chi connectivity index (χ3v) is 4.49. The Morgan fingerprint density at radius 2 is 1.70 bits per heavy atom. The smallest absolute Gasteiger partial charge is 0.137 e. The number of aromatic nitrogens is 2. The number of rotatable bonds is 6. The molecule has 0 amide bonds. The summed E-state index contributed by atoms with van der Waals surface area (Å²) in [4.78, 5) is 4.81. The molecule has 0 radical (unpaired) electrons. The molecule has 2 heterocycles. The van der Waals surface area contributed by atoms with Crippen LogP contribution >= 0.6 is 0 Å². The molecule has 0 aliphatic rings. The highest BCUT2D eigenvalue weighted by Gasteiger charge is 2.23. The predicted octanol–water partition coefficient (Wildman–Crippen LogP) is 2.97. The zero-order valence-electron chi connectivity index (χ0n) is 14.7. The summed E-state index contributed by atoms with van der Waals surface area (Å²) in [6.45, 7) is 10.1. The van der Waals surface area contributed by atoms with Gasteiger partial charge in [-0.15, -0.1) is 0 Å². The van der Waals surface area contributed by atoms with E-state index >= 15 is 0 Å². The van der Waals surface area contributed by atoms with Gasteiger partial charge in [-0.1, -0.05) is 13.8 Å². The van der Waals surface area contributed by atoms with E-state index in [9.17, 15) is 10.2 Å². The van der Waals surface area contributed by atoms with E-state index in [4.69, 9.17) is 4.98 Å². The van der Waals surface area contributed by atoms with E-state index in [1.807, 2.05) is 0 Å². The van der Waals surface area contributed by atoms with Crippen LogP contribution in [-0.2, 0) is 6.42 Å². The molecule has 0 aliphatic carbocycles. The maximum Gasteiger partial charge on any atom is 0.137 e. The molecule has 4 heteroatoms. The monoisotopic (exact) mass is 316 g/mol. The minimum atomic E-state index is -0.712. The third-order valence-electron chi connectivity index (χ3n) is 4.49. The average molecular weight is 316 g/mol. The summed E-state index contributed by atoms with van der Waals surface area (Å²) >= 11 is 0. The van der Waals surface area contributed by atoms with E-state index in [-0.39, 0.29) is 18.4 Å². The fourth-order valence-corrected chi connectivity index (χ4v) is 3.16. The highest BCUT2D eigenvalue weighted by molar-refractivity contribution is 5.35. The molecular formula is C19H28N2O2. The fraction of sp³-hybridized carbons (Fsp3) is 0.526. The molecular weight excluding hydrogens is 288 g/mol. The van der Waals surface area contributed by atoms with E-state index in [0.717, 1.165) is 28.5 Å². The van der Waals surface area contributed by atoms with Crippen molar-refractivity contribution in [3.8, 4) is 5.82 Å². The highest BCUT2D eigenvalue weighted by Crippen LogP contribution is 2.23. The van der Waals surface area contributed by atoms with E-state index < -0.39 is 6.10 Å². The Morgan fingerprint density at radius 3 is 2.22 bits per heavy atom. The van der Waals surface area contributed by atoms with Crippen molar-refractivity contribution in [1.82, 2.24) is 9.55 Å². The topological polar surface area (TPSA) is 58.3 Å². The quantitative estimate of drug-likeness (QED) is 0.861. The summed E-state index contributed by atoms with van der Waals surface area (Å²) in [5.41, 5.74) is 4.42. The Hall–Kier alpha value is -1.65. The Morgan fingerprint density at radius 1 is 1.09 bits per heavy atom. The molecule has 4 nitrogen and oxygen atoms in total. The van der Waals surface area contributed by atoms with E-state index in [1.165, 1.54) is 0 Å². The molecule has 23 heavy (non-hydrogen) atoms. The Bertz CT molecular complexity index is 642. The molecule has 0 aliphatic heterocycles. The van der Waals surface area contributed by atoms with E-state index in [1.54, 1.807) is 0 Å². The molecule has 126 valence electrons. The summed E-state index contributed by atoms with van der Waals surface area (Å²) in [5, 5.41) is 19.4.